The highest BCUT2D eigenvalue weighted by atomic mass is 32.2. The predicted octanol–water partition coefficient (Wildman–Crippen LogP) is 8.48. The quantitative estimate of drug-likeness (QED) is 0.147. The van der Waals surface area contributed by atoms with Crippen molar-refractivity contribution < 1.29 is 35.2 Å². The lowest BCUT2D eigenvalue weighted by Gasteiger charge is -2.31. The van der Waals surface area contributed by atoms with Gasteiger partial charge in [0.1, 0.15) is 20.1 Å². The first-order chi connectivity index (χ1) is 29.0. The lowest BCUT2D eigenvalue weighted by molar-refractivity contribution is 0.0684. The van der Waals surface area contributed by atoms with Crippen LogP contribution in [0.1, 0.15) is 92.9 Å². The van der Waals surface area contributed by atoms with Gasteiger partial charge in [-0.15, -0.1) is 22.7 Å². The number of halogens is 2. The van der Waals surface area contributed by atoms with E-state index >= 15 is 0 Å². The van der Waals surface area contributed by atoms with Crippen LogP contribution in [-0.4, -0.2) is 124 Å². The van der Waals surface area contributed by atoms with Crippen LogP contribution in [0, 0.1) is 11.6 Å². The first-order valence-corrected chi connectivity index (χ1v) is 26.5. The molecule has 0 spiro atoms. The highest BCUT2D eigenvalue weighted by molar-refractivity contribution is 7.93. The molecule has 0 radical (unpaired) electrons. The molecular weight excluding hydrogens is 859 g/mol. The molecule has 6 heterocycles. The second kappa shape index (κ2) is 19.1. The zero-order chi connectivity index (χ0) is 43.6. The Morgan fingerprint density at radius 1 is 0.623 bits per heavy atom. The zero-order valence-electron chi connectivity index (χ0n) is 35.3. The summed E-state index contributed by atoms with van der Waals surface area (Å²) in [5.74, 6) is -1.60. The average molecular weight is 915 g/mol. The number of rotatable bonds is 11. The molecule has 4 aliphatic rings. The number of benzene rings is 2. The Labute approximate surface area is 367 Å². The van der Waals surface area contributed by atoms with Gasteiger partial charge in [0.25, 0.3) is 11.8 Å². The van der Waals surface area contributed by atoms with Gasteiger partial charge in [0, 0.05) is 66.4 Å². The van der Waals surface area contributed by atoms with Gasteiger partial charge in [-0.25, -0.2) is 25.6 Å². The predicted molar refractivity (Wildman–Crippen MR) is 239 cm³/mol. The van der Waals surface area contributed by atoms with Crippen molar-refractivity contribution in [2.24, 2.45) is 0 Å². The van der Waals surface area contributed by atoms with E-state index in [0.717, 1.165) is 80.8 Å². The van der Waals surface area contributed by atoms with Crippen LogP contribution in [0.25, 0.3) is 20.9 Å². The summed E-state index contributed by atoms with van der Waals surface area (Å²) in [6, 6.07) is 16.9. The molecule has 2 aromatic carbocycles. The number of sulfone groups is 2. The van der Waals surface area contributed by atoms with Crippen LogP contribution in [0.2, 0.25) is 0 Å². The summed E-state index contributed by atoms with van der Waals surface area (Å²) < 4.78 is 77.9. The molecule has 2 amide bonds. The summed E-state index contributed by atoms with van der Waals surface area (Å²) in [6.07, 6.45) is 9.74. The summed E-state index contributed by atoms with van der Waals surface area (Å²) in [7, 11) is -6.58. The Hall–Kier alpha value is -3.54. The minimum atomic E-state index is -3.29. The number of amides is 2. The Morgan fingerprint density at radius 3 is 1.43 bits per heavy atom. The molecule has 4 saturated heterocycles. The topological polar surface area (TPSA) is 115 Å². The summed E-state index contributed by atoms with van der Waals surface area (Å²) in [5.41, 5.74) is 1.33. The average Bonchev–Trinajstić information content (AvgIpc) is 4.08. The summed E-state index contributed by atoms with van der Waals surface area (Å²) >= 11 is 2.23. The lowest BCUT2D eigenvalue weighted by atomic mass is 10.1. The highest BCUT2D eigenvalue weighted by Gasteiger charge is 2.35. The SMILES string of the molecule is CCS(=O)(=O)c1ccc(-c2ccc(C(=O)N3CCCC3CN3CCC[C@@H]3C)c(F)c2)s1.C[C@H]1CCCN1CC1CCCN1C(=O)c1ccc(-c2ccc(S(C)(=O)=O)s2)cc1F. The molecule has 8 rings (SSSR count). The van der Waals surface area contributed by atoms with Crippen molar-refractivity contribution >= 4 is 54.2 Å². The lowest BCUT2D eigenvalue weighted by Crippen LogP contribution is -2.44. The van der Waals surface area contributed by atoms with Crippen LogP contribution in [0.4, 0.5) is 8.78 Å². The monoisotopic (exact) mass is 914 g/mol. The fourth-order valence-corrected chi connectivity index (χ4v) is 13.5. The minimum Gasteiger partial charge on any atom is -0.334 e. The number of likely N-dealkylation sites (tertiary alicyclic amines) is 4. The van der Waals surface area contributed by atoms with Crippen molar-refractivity contribution in [2.75, 3.05) is 51.3 Å². The Kier molecular flexibility index (Phi) is 14.2. The van der Waals surface area contributed by atoms with Crippen LogP contribution in [0.3, 0.4) is 0 Å². The summed E-state index contributed by atoms with van der Waals surface area (Å²) in [6.45, 7) is 11.2. The van der Waals surface area contributed by atoms with E-state index in [1.54, 1.807) is 37.3 Å². The fraction of sp³-hybridized carbons (Fsp3) is 0.511. The van der Waals surface area contributed by atoms with Crippen molar-refractivity contribution in [3.8, 4) is 20.9 Å². The fourth-order valence-electron chi connectivity index (χ4n) is 9.11. The molecule has 2 unspecified atom stereocenters. The third-order valence-electron chi connectivity index (χ3n) is 12.7. The molecule has 4 aromatic rings. The Bertz CT molecular complexity index is 2450. The first kappa shape index (κ1) is 45.5. The van der Waals surface area contributed by atoms with Crippen molar-refractivity contribution in [1.29, 1.82) is 0 Å². The van der Waals surface area contributed by atoms with Crippen molar-refractivity contribution in [1.82, 2.24) is 19.6 Å². The number of thiophene rings is 2. The van der Waals surface area contributed by atoms with E-state index in [4.69, 9.17) is 0 Å². The second-order valence-electron chi connectivity index (χ2n) is 16.9. The van der Waals surface area contributed by atoms with Crippen LogP contribution in [0.5, 0.6) is 0 Å². The molecule has 10 nitrogen and oxygen atoms in total. The van der Waals surface area contributed by atoms with Crippen molar-refractivity contribution in [3.05, 3.63) is 83.4 Å². The number of nitrogens with zero attached hydrogens (tertiary/aromatic N) is 4. The van der Waals surface area contributed by atoms with Crippen LogP contribution in [-0.2, 0) is 19.7 Å². The second-order valence-corrected chi connectivity index (χ2v) is 23.8. The standard InChI is InChI=1S/C23H29FN2O3S2.C22H27FN2O3S2/c1-3-31(28,29)22-11-10-21(30-22)17-8-9-19(20(24)14-17)23(27)26-13-5-7-18(26)15-25-12-4-6-16(25)2;1-15-5-3-11-24(15)14-17-6-4-12-25(17)22(26)18-8-7-16(13-19(18)23)20-9-10-21(29-20)30(2,27)28/h8-11,14,16,18H,3-7,12-13,15H2,1-2H3;7-10,13,15,17H,3-6,11-12,14H2,1-2H3/t16-,18?;15-,17?/m00/s1. The maximum Gasteiger partial charge on any atom is 0.257 e. The maximum absolute atomic E-state index is 15.0. The summed E-state index contributed by atoms with van der Waals surface area (Å²) in [5, 5.41) is 0. The summed E-state index contributed by atoms with van der Waals surface area (Å²) in [4.78, 5) is 36.1. The van der Waals surface area contributed by atoms with E-state index in [1.807, 2.05) is 9.80 Å². The van der Waals surface area contributed by atoms with Gasteiger partial charge in [0.2, 0.25) is 0 Å². The normalized spacial score (nSPS) is 22.5. The van der Waals surface area contributed by atoms with Crippen LogP contribution < -0.4 is 0 Å². The molecule has 0 aliphatic carbocycles. The van der Waals surface area contributed by atoms with E-state index in [1.165, 1.54) is 56.0 Å². The van der Waals surface area contributed by atoms with E-state index in [0.29, 0.717) is 46.1 Å². The van der Waals surface area contributed by atoms with Crippen molar-refractivity contribution in [2.45, 2.75) is 105 Å². The van der Waals surface area contributed by atoms with E-state index in [-0.39, 0.29) is 49.2 Å². The molecule has 0 saturated carbocycles. The minimum absolute atomic E-state index is 0.0297. The molecule has 0 bridgehead atoms. The molecule has 61 heavy (non-hydrogen) atoms. The first-order valence-electron chi connectivity index (χ1n) is 21.4. The van der Waals surface area contributed by atoms with Gasteiger partial charge < -0.3 is 9.80 Å². The molecule has 4 atom stereocenters. The van der Waals surface area contributed by atoms with E-state index in [9.17, 15) is 35.2 Å². The molecule has 16 heteroatoms. The molecule has 4 fully saturated rings. The number of hydrogen-bond donors (Lipinski definition) is 0. The largest absolute Gasteiger partial charge is 0.334 e. The molecule has 330 valence electrons. The molecule has 2 aromatic heterocycles. The third-order valence-corrected chi connectivity index (χ3v) is 19.1. The maximum atomic E-state index is 15.0. The number of carbonyl (C=O) groups is 2. The molecular formula is C45H56F2N4O6S4. The molecule has 4 aliphatic heterocycles. The van der Waals surface area contributed by atoms with Gasteiger partial charge in [-0.05, 0) is 138 Å². The van der Waals surface area contributed by atoms with E-state index < -0.39 is 31.3 Å². The van der Waals surface area contributed by atoms with Crippen LogP contribution in [0.15, 0.2) is 69.1 Å². The number of carbonyl (C=O) groups excluding carboxylic acids is 2. The highest BCUT2D eigenvalue weighted by Crippen LogP contribution is 2.35. The van der Waals surface area contributed by atoms with Gasteiger partial charge in [0.15, 0.2) is 19.7 Å². The Morgan fingerprint density at radius 2 is 1.05 bits per heavy atom. The van der Waals surface area contributed by atoms with Gasteiger partial charge >= 0.3 is 0 Å². The van der Waals surface area contributed by atoms with Crippen molar-refractivity contribution in [3.63, 3.8) is 0 Å². The van der Waals surface area contributed by atoms with Gasteiger partial charge in [-0.3, -0.25) is 19.4 Å². The molecule has 0 N–H and O–H groups in total. The van der Waals surface area contributed by atoms with E-state index in [2.05, 4.69) is 23.6 Å². The Balaban J connectivity index is 0.000000184. The van der Waals surface area contributed by atoms with Crippen LogP contribution >= 0.6 is 22.7 Å². The van der Waals surface area contributed by atoms with Gasteiger partial charge in [0.05, 0.1) is 16.9 Å². The smallest absolute Gasteiger partial charge is 0.257 e. The van der Waals surface area contributed by atoms with Gasteiger partial charge in [-0.1, -0.05) is 19.1 Å². The zero-order valence-corrected chi connectivity index (χ0v) is 38.6. The number of hydrogen-bond acceptors (Lipinski definition) is 10. The van der Waals surface area contributed by atoms with Gasteiger partial charge in [-0.2, -0.15) is 0 Å². The third kappa shape index (κ3) is 10.3.